The minimum Gasteiger partial charge on any atom is -0.464 e. The number of H-pyrrole nitrogens is 1. The molecule has 3 N–H and O–H groups in total. The van der Waals surface area contributed by atoms with Crippen molar-refractivity contribution in [2.75, 3.05) is 25.5 Å². The molecule has 180 valence electrons. The zero-order valence-electron chi connectivity index (χ0n) is 19.9. The van der Waals surface area contributed by atoms with Crippen LogP contribution in [0.2, 0.25) is 0 Å². The van der Waals surface area contributed by atoms with Gasteiger partial charge in [-0.15, -0.1) is 0 Å². The fourth-order valence-electron chi connectivity index (χ4n) is 5.32. The number of fused-ring (bicyclic) bond motifs is 1. The summed E-state index contributed by atoms with van der Waals surface area (Å²) in [6.45, 7) is 3.37. The lowest BCUT2D eigenvalue weighted by Gasteiger charge is -2.37. The molecule has 2 atom stereocenters. The first kappa shape index (κ1) is 22.7. The standard InChI is InChI=1S/C26H33N5O3/c1-16-13-18-19(22-9-6-12-34-22)14-27-24(23(18)30-25(16)32)29-21-10-11-31(2)15-20(21)26(33)28-17-7-4-3-5-8-17/h6,9,12-14,17,20-21H,3-5,7-8,10-11,15H2,1-2H3,(H,27,29)(H,28,33)(H,30,32). The van der Waals surface area contributed by atoms with Gasteiger partial charge in [0, 0.05) is 41.3 Å². The summed E-state index contributed by atoms with van der Waals surface area (Å²) in [4.78, 5) is 35.7. The first-order valence-electron chi connectivity index (χ1n) is 12.3. The highest BCUT2D eigenvalue weighted by atomic mass is 16.3. The number of aromatic amines is 1. The van der Waals surface area contributed by atoms with Crippen molar-refractivity contribution in [1.82, 2.24) is 20.2 Å². The molecule has 0 bridgehead atoms. The topological polar surface area (TPSA) is 103 Å². The Balaban J connectivity index is 1.46. The lowest BCUT2D eigenvalue weighted by atomic mass is 9.89. The zero-order valence-corrected chi connectivity index (χ0v) is 19.9. The normalized spacial score (nSPS) is 22.1. The SMILES string of the molecule is Cc1cc2c(-c3ccco3)cnc(NC3CCN(C)CC3C(=O)NC3CCCCC3)c2[nH]c1=O. The van der Waals surface area contributed by atoms with Crippen molar-refractivity contribution in [3.05, 3.63) is 46.6 Å². The highest BCUT2D eigenvalue weighted by Crippen LogP contribution is 2.32. The Labute approximate surface area is 199 Å². The number of nitrogens with zero attached hydrogens (tertiary/aromatic N) is 2. The molecule has 1 aliphatic heterocycles. The molecular weight excluding hydrogens is 430 g/mol. The van der Waals surface area contributed by atoms with E-state index in [0.29, 0.717) is 29.2 Å². The fraction of sp³-hybridized carbons (Fsp3) is 0.500. The molecule has 3 aromatic rings. The van der Waals surface area contributed by atoms with Gasteiger partial charge in [0.15, 0.2) is 5.82 Å². The van der Waals surface area contributed by atoms with Crippen molar-refractivity contribution in [3.8, 4) is 11.3 Å². The Kier molecular flexibility index (Phi) is 6.41. The van der Waals surface area contributed by atoms with Gasteiger partial charge >= 0.3 is 0 Å². The van der Waals surface area contributed by atoms with E-state index in [0.717, 1.165) is 36.8 Å². The number of amides is 1. The summed E-state index contributed by atoms with van der Waals surface area (Å²) in [5.74, 6) is 1.20. The van der Waals surface area contributed by atoms with Crippen LogP contribution in [-0.4, -0.2) is 53.0 Å². The molecule has 8 heteroatoms. The molecule has 0 aromatic carbocycles. The summed E-state index contributed by atoms with van der Waals surface area (Å²) < 4.78 is 5.61. The van der Waals surface area contributed by atoms with Gasteiger partial charge in [0.1, 0.15) is 5.76 Å². The van der Waals surface area contributed by atoms with Gasteiger partial charge in [0.2, 0.25) is 5.91 Å². The van der Waals surface area contributed by atoms with Gasteiger partial charge in [-0.25, -0.2) is 4.98 Å². The van der Waals surface area contributed by atoms with E-state index in [4.69, 9.17) is 4.42 Å². The molecule has 8 nitrogen and oxygen atoms in total. The number of carbonyl (C=O) groups is 1. The van der Waals surface area contributed by atoms with E-state index in [-0.39, 0.29) is 29.5 Å². The number of carbonyl (C=O) groups excluding carboxylic acids is 1. The Morgan fingerprint density at radius 2 is 2.06 bits per heavy atom. The first-order chi connectivity index (χ1) is 16.5. The van der Waals surface area contributed by atoms with Crippen molar-refractivity contribution in [3.63, 3.8) is 0 Å². The van der Waals surface area contributed by atoms with E-state index in [1.54, 1.807) is 19.4 Å². The molecule has 5 rings (SSSR count). The molecule has 1 amide bonds. The molecule has 2 aliphatic rings. The van der Waals surface area contributed by atoms with Gasteiger partial charge in [-0.05, 0) is 58.0 Å². The van der Waals surface area contributed by atoms with Crippen LogP contribution in [0.25, 0.3) is 22.2 Å². The van der Waals surface area contributed by atoms with Crippen molar-refractivity contribution >= 4 is 22.6 Å². The first-order valence-corrected chi connectivity index (χ1v) is 12.3. The van der Waals surface area contributed by atoms with Crippen LogP contribution < -0.4 is 16.2 Å². The van der Waals surface area contributed by atoms with E-state index in [1.807, 2.05) is 18.2 Å². The minimum absolute atomic E-state index is 0.0743. The number of anilines is 1. The summed E-state index contributed by atoms with van der Waals surface area (Å²) in [6, 6.07) is 5.79. The maximum Gasteiger partial charge on any atom is 0.251 e. The highest BCUT2D eigenvalue weighted by molar-refractivity contribution is 5.98. The molecule has 2 fully saturated rings. The largest absolute Gasteiger partial charge is 0.464 e. The monoisotopic (exact) mass is 463 g/mol. The zero-order chi connectivity index (χ0) is 23.7. The number of aryl methyl sites for hydroxylation is 1. The third kappa shape index (κ3) is 4.59. The van der Waals surface area contributed by atoms with E-state index in [2.05, 4.69) is 32.5 Å². The summed E-state index contributed by atoms with van der Waals surface area (Å²) in [5.41, 5.74) is 1.93. The van der Waals surface area contributed by atoms with E-state index >= 15 is 0 Å². The van der Waals surface area contributed by atoms with Gasteiger partial charge in [-0.2, -0.15) is 0 Å². The van der Waals surface area contributed by atoms with Crippen molar-refractivity contribution in [1.29, 1.82) is 0 Å². The minimum atomic E-state index is -0.195. The molecule has 1 aliphatic carbocycles. The van der Waals surface area contributed by atoms with Crippen LogP contribution in [0.15, 0.2) is 39.9 Å². The number of rotatable bonds is 5. The van der Waals surface area contributed by atoms with Crippen molar-refractivity contribution in [2.45, 2.75) is 57.5 Å². The summed E-state index contributed by atoms with van der Waals surface area (Å²) in [5, 5.41) is 7.70. The summed E-state index contributed by atoms with van der Waals surface area (Å²) >= 11 is 0. The Bertz CT molecular complexity index is 1210. The number of nitrogens with one attached hydrogen (secondary N) is 3. The number of piperidine rings is 1. The lowest BCUT2D eigenvalue weighted by molar-refractivity contribution is -0.127. The molecule has 3 aromatic heterocycles. The third-order valence-corrected chi connectivity index (χ3v) is 7.29. The molecule has 34 heavy (non-hydrogen) atoms. The van der Waals surface area contributed by atoms with Gasteiger partial charge in [0.05, 0.1) is 17.7 Å². The fourth-order valence-corrected chi connectivity index (χ4v) is 5.32. The molecule has 2 unspecified atom stereocenters. The lowest BCUT2D eigenvalue weighted by Crippen LogP contribution is -2.53. The number of hydrogen-bond acceptors (Lipinski definition) is 6. The molecule has 0 spiro atoms. The van der Waals surface area contributed by atoms with Crippen LogP contribution in [0.1, 0.15) is 44.1 Å². The predicted octanol–water partition coefficient (Wildman–Crippen LogP) is 3.67. The van der Waals surface area contributed by atoms with Gasteiger partial charge in [-0.3, -0.25) is 9.59 Å². The van der Waals surface area contributed by atoms with Crippen LogP contribution in [0, 0.1) is 12.8 Å². The van der Waals surface area contributed by atoms with E-state index in [1.165, 1.54) is 19.3 Å². The number of pyridine rings is 2. The quantitative estimate of drug-likeness (QED) is 0.533. The highest BCUT2D eigenvalue weighted by Gasteiger charge is 2.35. The average Bonchev–Trinajstić information content (AvgIpc) is 3.37. The Morgan fingerprint density at radius 1 is 1.24 bits per heavy atom. The summed E-state index contributed by atoms with van der Waals surface area (Å²) in [7, 11) is 2.06. The summed E-state index contributed by atoms with van der Waals surface area (Å²) in [6.07, 6.45) is 9.96. The number of likely N-dealkylation sites (tertiary alicyclic amines) is 1. The van der Waals surface area contributed by atoms with E-state index in [9.17, 15) is 9.59 Å². The molecule has 0 radical (unpaired) electrons. The van der Waals surface area contributed by atoms with Crippen LogP contribution in [0.4, 0.5) is 5.82 Å². The second-order valence-electron chi connectivity index (χ2n) is 9.82. The molecular formula is C26H33N5O3. The van der Waals surface area contributed by atoms with Crippen LogP contribution in [-0.2, 0) is 4.79 Å². The second-order valence-corrected chi connectivity index (χ2v) is 9.82. The van der Waals surface area contributed by atoms with Gasteiger partial charge in [-0.1, -0.05) is 19.3 Å². The van der Waals surface area contributed by atoms with Crippen molar-refractivity contribution in [2.24, 2.45) is 5.92 Å². The molecule has 4 heterocycles. The van der Waals surface area contributed by atoms with Crippen LogP contribution in [0.5, 0.6) is 0 Å². The number of furan rings is 1. The number of aromatic nitrogens is 2. The number of hydrogen-bond donors (Lipinski definition) is 3. The van der Waals surface area contributed by atoms with Gasteiger partial charge in [0.25, 0.3) is 5.56 Å². The van der Waals surface area contributed by atoms with Crippen molar-refractivity contribution < 1.29 is 9.21 Å². The second kappa shape index (κ2) is 9.62. The third-order valence-electron chi connectivity index (χ3n) is 7.29. The van der Waals surface area contributed by atoms with Crippen LogP contribution >= 0.6 is 0 Å². The predicted molar refractivity (Wildman–Crippen MR) is 133 cm³/mol. The smallest absolute Gasteiger partial charge is 0.251 e. The maximum atomic E-state index is 13.3. The average molecular weight is 464 g/mol. The van der Waals surface area contributed by atoms with E-state index < -0.39 is 0 Å². The maximum absolute atomic E-state index is 13.3. The molecule has 1 saturated carbocycles. The molecule has 1 saturated heterocycles. The Morgan fingerprint density at radius 3 is 2.82 bits per heavy atom. The Hall–Kier alpha value is -3.13. The van der Waals surface area contributed by atoms with Gasteiger partial charge < -0.3 is 24.9 Å². The van der Waals surface area contributed by atoms with Crippen LogP contribution in [0.3, 0.4) is 0 Å².